The van der Waals surface area contributed by atoms with E-state index in [2.05, 4.69) is 15.2 Å². The quantitative estimate of drug-likeness (QED) is 0.617. The molecule has 7 heteroatoms. The van der Waals surface area contributed by atoms with Crippen LogP contribution in [0.5, 0.6) is 0 Å². The number of nitrogens with zero attached hydrogens (tertiary/aromatic N) is 5. The van der Waals surface area contributed by atoms with E-state index in [1.807, 2.05) is 25.2 Å². The number of rotatable bonds is 2. The molecule has 4 aromatic rings. The van der Waals surface area contributed by atoms with Gasteiger partial charge in [0.2, 0.25) is 0 Å². The summed E-state index contributed by atoms with van der Waals surface area (Å²) >= 11 is 5.93. The molecule has 3 aromatic heterocycles. The topological polar surface area (TPSA) is 68.2 Å². The van der Waals surface area contributed by atoms with E-state index in [9.17, 15) is 5.11 Å². The average molecular weight is 314 g/mol. The summed E-state index contributed by atoms with van der Waals surface area (Å²) in [5, 5.41) is 20.4. The summed E-state index contributed by atoms with van der Waals surface area (Å²) in [6, 6.07) is 9.15. The van der Waals surface area contributed by atoms with Crippen LogP contribution < -0.4 is 0 Å². The Morgan fingerprint density at radius 1 is 1.18 bits per heavy atom. The van der Waals surface area contributed by atoms with Crippen molar-refractivity contribution in [2.45, 2.75) is 6.10 Å². The Balaban J connectivity index is 1.83. The van der Waals surface area contributed by atoms with Crippen LogP contribution >= 0.6 is 11.6 Å². The molecule has 110 valence electrons. The zero-order valence-electron chi connectivity index (χ0n) is 11.7. The van der Waals surface area contributed by atoms with Gasteiger partial charge in [0.05, 0.1) is 23.6 Å². The standard InChI is InChI=1S/C15H12ClN5O/c1-20-11-3-2-9(6-10(11)7-18-20)15(22)12-8-17-14-5-4-13(16)19-21(12)14/h2-8,15,22H,1H3. The number of aryl methyl sites for hydroxylation is 1. The number of fused-ring (bicyclic) bond motifs is 2. The van der Waals surface area contributed by atoms with E-state index in [0.717, 1.165) is 16.5 Å². The van der Waals surface area contributed by atoms with Crippen molar-refractivity contribution in [3.8, 4) is 0 Å². The smallest absolute Gasteiger partial charge is 0.154 e. The molecule has 6 nitrogen and oxygen atoms in total. The highest BCUT2D eigenvalue weighted by molar-refractivity contribution is 6.29. The van der Waals surface area contributed by atoms with Crippen LogP contribution in [0.2, 0.25) is 5.15 Å². The lowest BCUT2D eigenvalue weighted by Crippen LogP contribution is -2.05. The van der Waals surface area contributed by atoms with Crippen LogP contribution in [0.1, 0.15) is 17.4 Å². The molecule has 1 aromatic carbocycles. The predicted octanol–water partition coefficient (Wildman–Crippen LogP) is 2.35. The van der Waals surface area contributed by atoms with Gasteiger partial charge < -0.3 is 5.11 Å². The van der Waals surface area contributed by atoms with Crippen LogP contribution in [-0.2, 0) is 7.05 Å². The Kier molecular flexibility index (Phi) is 2.88. The fraction of sp³-hybridized carbons (Fsp3) is 0.133. The first-order chi connectivity index (χ1) is 10.6. The van der Waals surface area contributed by atoms with Crippen molar-refractivity contribution in [1.29, 1.82) is 0 Å². The van der Waals surface area contributed by atoms with Gasteiger partial charge in [-0.05, 0) is 29.8 Å². The van der Waals surface area contributed by atoms with Gasteiger partial charge in [0, 0.05) is 12.4 Å². The maximum atomic E-state index is 10.7. The molecule has 0 aliphatic rings. The van der Waals surface area contributed by atoms with Crippen molar-refractivity contribution >= 4 is 28.2 Å². The van der Waals surface area contributed by atoms with Gasteiger partial charge in [-0.15, -0.1) is 0 Å². The highest BCUT2D eigenvalue weighted by Gasteiger charge is 2.17. The number of benzene rings is 1. The normalized spacial score (nSPS) is 13.0. The van der Waals surface area contributed by atoms with Gasteiger partial charge in [0.1, 0.15) is 11.3 Å². The third kappa shape index (κ3) is 1.96. The molecule has 22 heavy (non-hydrogen) atoms. The molecule has 0 aliphatic carbocycles. The molecule has 4 rings (SSSR count). The molecular weight excluding hydrogens is 302 g/mol. The van der Waals surface area contributed by atoms with E-state index in [0.29, 0.717) is 16.5 Å². The number of aliphatic hydroxyl groups is 1. The molecule has 0 amide bonds. The third-order valence-corrected chi connectivity index (χ3v) is 3.92. The lowest BCUT2D eigenvalue weighted by atomic mass is 10.1. The molecule has 0 saturated carbocycles. The second-order valence-corrected chi connectivity index (χ2v) is 5.49. The molecule has 0 radical (unpaired) electrons. The lowest BCUT2D eigenvalue weighted by Gasteiger charge is -2.10. The van der Waals surface area contributed by atoms with Crippen LogP contribution in [0, 0.1) is 0 Å². The van der Waals surface area contributed by atoms with Gasteiger partial charge in [0.15, 0.2) is 5.65 Å². The zero-order chi connectivity index (χ0) is 15.3. The largest absolute Gasteiger partial charge is 0.382 e. The Bertz CT molecular complexity index is 990. The van der Waals surface area contributed by atoms with Gasteiger partial charge >= 0.3 is 0 Å². The van der Waals surface area contributed by atoms with E-state index >= 15 is 0 Å². The van der Waals surface area contributed by atoms with Crippen molar-refractivity contribution in [2.75, 3.05) is 0 Å². The maximum Gasteiger partial charge on any atom is 0.154 e. The second-order valence-electron chi connectivity index (χ2n) is 5.10. The highest BCUT2D eigenvalue weighted by atomic mass is 35.5. The van der Waals surface area contributed by atoms with Crippen LogP contribution in [0.3, 0.4) is 0 Å². The minimum Gasteiger partial charge on any atom is -0.382 e. The van der Waals surface area contributed by atoms with E-state index in [-0.39, 0.29) is 0 Å². The third-order valence-electron chi connectivity index (χ3n) is 3.72. The Morgan fingerprint density at radius 3 is 2.91 bits per heavy atom. The molecular formula is C15H12ClN5O. The van der Waals surface area contributed by atoms with Crippen LogP contribution in [0.25, 0.3) is 16.6 Å². The van der Waals surface area contributed by atoms with Gasteiger partial charge in [-0.1, -0.05) is 17.7 Å². The first kappa shape index (κ1) is 13.2. The Labute approximate surface area is 130 Å². The molecule has 0 bridgehead atoms. The van der Waals surface area contributed by atoms with Crippen molar-refractivity contribution < 1.29 is 5.11 Å². The van der Waals surface area contributed by atoms with Crippen LogP contribution in [0.4, 0.5) is 0 Å². The number of aliphatic hydroxyl groups excluding tert-OH is 1. The van der Waals surface area contributed by atoms with Crippen molar-refractivity contribution in [3.05, 3.63) is 59.1 Å². The zero-order valence-corrected chi connectivity index (χ0v) is 12.4. The van der Waals surface area contributed by atoms with E-state index in [1.165, 1.54) is 0 Å². The van der Waals surface area contributed by atoms with E-state index in [1.54, 1.807) is 33.7 Å². The second kappa shape index (κ2) is 4.79. The Morgan fingerprint density at radius 2 is 2.05 bits per heavy atom. The predicted molar refractivity (Wildman–Crippen MR) is 82.8 cm³/mol. The van der Waals surface area contributed by atoms with E-state index in [4.69, 9.17) is 11.6 Å². The van der Waals surface area contributed by atoms with Crippen molar-refractivity contribution in [3.63, 3.8) is 0 Å². The number of imidazole rings is 1. The summed E-state index contributed by atoms with van der Waals surface area (Å²) in [6.45, 7) is 0. The van der Waals surface area contributed by atoms with E-state index < -0.39 is 6.10 Å². The molecule has 0 aliphatic heterocycles. The SMILES string of the molecule is Cn1ncc2cc(C(O)c3cnc4ccc(Cl)nn34)ccc21. The summed E-state index contributed by atoms with van der Waals surface area (Å²) < 4.78 is 3.35. The van der Waals surface area contributed by atoms with Gasteiger partial charge in [-0.2, -0.15) is 10.2 Å². The minimum atomic E-state index is -0.842. The first-order valence-electron chi connectivity index (χ1n) is 6.73. The maximum absolute atomic E-state index is 10.7. The van der Waals surface area contributed by atoms with Gasteiger partial charge in [0.25, 0.3) is 0 Å². The fourth-order valence-electron chi connectivity index (χ4n) is 2.58. The molecule has 1 atom stereocenters. The molecule has 1 N–H and O–H groups in total. The molecule has 0 saturated heterocycles. The monoisotopic (exact) mass is 313 g/mol. The number of hydrogen-bond acceptors (Lipinski definition) is 4. The molecule has 0 fully saturated rings. The highest BCUT2D eigenvalue weighted by Crippen LogP contribution is 2.25. The van der Waals surface area contributed by atoms with Gasteiger partial charge in [-0.25, -0.2) is 9.50 Å². The number of aromatic nitrogens is 5. The van der Waals surface area contributed by atoms with Crippen LogP contribution in [0.15, 0.2) is 42.7 Å². The van der Waals surface area contributed by atoms with Gasteiger partial charge in [-0.3, -0.25) is 4.68 Å². The number of hydrogen-bond donors (Lipinski definition) is 1. The molecule has 1 unspecified atom stereocenters. The number of halogens is 1. The van der Waals surface area contributed by atoms with Crippen molar-refractivity contribution in [1.82, 2.24) is 24.4 Å². The van der Waals surface area contributed by atoms with Crippen molar-refractivity contribution in [2.24, 2.45) is 7.05 Å². The molecule has 3 heterocycles. The lowest BCUT2D eigenvalue weighted by molar-refractivity contribution is 0.213. The summed E-state index contributed by atoms with van der Waals surface area (Å²) in [6.07, 6.45) is 2.54. The summed E-state index contributed by atoms with van der Waals surface area (Å²) in [5.41, 5.74) is 2.97. The molecule has 0 spiro atoms. The average Bonchev–Trinajstić information content (AvgIpc) is 3.10. The minimum absolute atomic E-state index is 0.349. The Hall–Kier alpha value is -2.44. The fourth-order valence-corrected chi connectivity index (χ4v) is 2.72. The summed E-state index contributed by atoms with van der Waals surface area (Å²) in [4.78, 5) is 4.24. The first-order valence-corrected chi connectivity index (χ1v) is 7.11. The summed E-state index contributed by atoms with van der Waals surface area (Å²) in [7, 11) is 1.88. The van der Waals surface area contributed by atoms with Crippen LogP contribution in [-0.4, -0.2) is 29.5 Å². The summed E-state index contributed by atoms with van der Waals surface area (Å²) in [5.74, 6) is 0.